The highest BCUT2D eigenvalue weighted by molar-refractivity contribution is 6.29. The minimum absolute atomic E-state index is 0.0309. The van der Waals surface area contributed by atoms with Crippen LogP contribution in [0.3, 0.4) is 0 Å². The molecule has 0 aliphatic carbocycles. The first-order valence-corrected chi connectivity index (χ1v) is 6.07. The molecular weight excluding hydrogens is 309 g/mol. The van der Waals surface area contributed by atoms with Crippen LogP contribution in [0.1, 0.15) is 5.82 Å². The molecule has 4 nitrogen and oxygen atoms in total. The molecular formula is C13H10ClF3N2O2. The van der Waals surface area contributed by atoms with Crippen LogP contribution in [0.4, 0.5) is 13.2 Å². The van der Waals surface area contributed by atoms with Crippen molar-refractivity contribution in [1.29, 1.82) is 0 Å². The molecule has 0 atom stereocenters. The lowest BCUT2D eigenvalue weighted by atomic mass is 10.1. The van der Waals surface area contributed by atoms with E-state index in [1.54, 1.807) is 18.2 Å². The van der Waals surface area contributed by atoms with Crippen molar-refractivity contribution in [2.45, 2.75) is 6.18 Å². The van der Waals surface area contributed by atoms with Crippen LogP contribution >= 0.6 is 11.6 Å². The Hall–Kier alpha value is -2.02. The van der Waals surface area contributed by atoms with Crippen LogP contribution in [0.5, 0.6) is 11.5 Å². The lowest BCUT2D eigenvalue weighted by Crippen LogP contribution is -2.12. The van der Waals surface area contributed by atoms with Crippen LogP contribution in [0.15, 0.2) is 24.3 Å². The van der Waals surface area contributed by atoms with Crippen LogP contribution in [0, 0.1) is 0 Å². The fraction of sp³-hybridized carbons (Fsp3) is 0.231. The van der Waals surface area contributed by atoms with E-state index in [-0.39, 0.29) is 16.4 Å². The summed E-state index contributed by atoms with van der Waals surface area (Å²) in [6.45, 7) is 0. The van der Waals surface area contributed by atoms with E-state index in [4.69, 9.17) is 21.1 Å². The maximum atomic E-state index is 12.8. The second-order valence-electron chi connectivity index (χ2n) is 3.93. The van der Waals surface area contributed by atoms with Gasteiger partial charge in [0, 0.05) is 6.07 Å². The van der Waals surface area contributed by atoms with Crippen molar-refractivity contribution in [3.05, 3.63) is 35.2 Å². The van der Waals surface area contributed by atoms with E-state index in [0.29, 0.717) is 11.5 Å². The quantitative estimate of drug-likeness (QED) is 0.807. The van der Waals surface area contributed by atoms with E-state index in [1.807, 2.05) is 0 Å². The largest absolute Gasteiger partial charge is 0.496 e. The molecule has 0 saturated heterocycles. The number of methoxy groups -OCH3 is 2. The summed E-state index contributed by atoms with van der Waals surface area (Å²) in [5, 5.41) is -0.319. The average Bonchev–Trinajstić information content (AvgIpc) is 2.44. The molecule has 2 aromatic rings. The molecule has 0 saturated carbocycles. The second-order valence-corrected chi connectivity index (χ2v) is 4.32. The molecule has 0 radical (unpaired) electrons. The zero-order valence-corrected chi connectivity index (χ0v) is 11.8. The Morgan fingerprint density at radius 1 is 1.05 bits per heavy atom. The zero-order valence-electron chi connectivity index (χ0n) is 11.0. The molecule has 0 bridgehead atoms. The van der Waals surface area contributed by atoms with Crippen LogP contribution in [0.2, 0.25) is 5.15 Å². The monoisotopic (exact) mass is 318 g/mol. The van der Waals surface area contributed by atoms with Gasteiger partial charge in [0.1, 0.15) is 16.7 Å². The van der Waals surface area contributed by atoms with Crippen LogP contribution in [0.25, 0.3) is 11.3 Å². The third kappa shape index (κ3) is 3.18. The third-order valence-corrected chi connectivity index (χ3v) is 2.83. The predicted octanol–water partition coefficient (Wildman–Crippen LogP) is 3.83. The van der Waals surface area contributed by atoms with Gasteiger partial charge in [-0.2, -0.15) is 13.2 Å². The fourth-order valence-electron chi connectivity index (χ4n) is 1.78. The summed E-state index contributed by atoms with van der Waals surface area (Å²) >= 11 is 5.66. The van der Waals surface area contributed by atoms with Crippen molar-refractivity contribution in [1.82, 2.24) is 9.97 Å². The van der Waals surface area contributed by atoms with Gasteiger partial charge in [-0.15, -0.1) is 0 Å². The van der Waals surface area contributed by atoms with Crippen LogP contribution in [-0.2, 0) is 6.18 Å². The fourth-order valence-corrected chi connectivity index (χ4v) is 1.96. The Balaban J connectivity index is 2.70. The number of nitrogens with zero attached hydrogens (tertiary/aromatic N) is 2. The zero-order chi connectivity index (χ0) is 15.6. The van der Waals surface area contributed by atoms with E-state index < -0.39 is 12.0 Å². The lowest BCUT2D eigenvalue weighted by molar-refractivity contribution is -0.144. The van der Waals surface area contributed by atoms with Gasteiger partial charge in [0.05, 0.1) is 25.5 Å². The molecule has 0 unspecified atom stereocenters. The average molecular weight is 319 g/mol. The summed E-state index contributed by atoms with van der Waals surface area (Å²) in [6.07, 6.45) is -4.70. The number of ether oxygens (including phenoxy) is 2. The molecule has 1 heterocycles. The molecule has 1 aromatic carbocycles. The van der Waals surface area contributed by atoms with Crippen LogP contribution < -0.4 is 9.47 Å². The molecule has 0 N–H and O–H groups in total. The standard InChI is InChI=1S/C13H10ClF3N2O2/c1-20-8-4-3-5-9(21-2)11(8)7-6-10(14)19-12(18-7)13(15,16)17/h3-6H,1-2H3. The van der Waals surface area contributed by atoms with Gasteiger partial charge in [0.2, 0.25) is 5.82 Å². The summed E-state index contributed by atoms with van der Waals surface area (Å²) in [5.74, 6) is -0.688. The lowest BCUT2D eigenvalue weighted by Gasteiger charge is -2.14. The van der Waals surface area contributed by atoms with E-state index in [1.165, 1.54) is 20.3 Å². The molecule has 0 aliphatic heterocycles. The number of hydrogen-bond donors (Lipinski definition) is 0. The Bertz CT molecular complexity index is 640. The van der Waals surface area contributed by atoms with E-state index in [2.05, 4.69) is 9.97 Å². The minimum atomic E-state index is -4.70. The van der Waals surface area contributed by atoms with Gasteiger partial charge in [0.15, 0.2) is 0 Å². The van der Waals surface area contributed by atoms with Crippen molar-refractivity contribution in [3.8, 4) is 22.8 Å². The molecule has 112 valence electrons. The van der Waals surface area contributed by atoms with Crippen molar-refractivity contribution in [3.63, 3.8) is 0 Å². The molecule has 1 aromatic heterocycles. The molecule has 0 fully saturated rings. The molecule has 0 aliphatic rings. The van der Waals surface area contributed by atoms with Gasteiger partial charge < -0.3 is 9.47 Å². The van der Waals surface area contributed by atoms with E-state index >= 15 is 0 Å². The first-order chi connectivity index (χ1) is 9.86. The van der Waals surface area contributed by atoms with Gasteiger partial charge in [-0.25, -0.2) is 9.97 Å². The third-order valence-electron chi connectivity index (χ3n) is 2.63. The van der Waals surface area contributed by atoms with Crippen LogP contribution in [-0.4, -0.2) is 24.2 Å². The summed E-state index contributed by atoms with van der Waals surface area (Å²) in [6, 6.07) is 6.04. The van der Waals surface area contributed by atoms with Crippen molar-refractivity contribution < 1.29 is 22.6 Å². The van der Waals surface area contributed by atoms with Crippen molar-refractivity contribution in [2.75, 3.05) is 14.2 Å². The maximum Gasteiger partial charge on any atom is 0.451 e. The van der Waals surface area contributed by atoms with Crippen molar-refractivity contribution in [2.24, 2.45) is 0 Å². The highest BCUT2D eigenvalue weighted by atomic mass is 35.5. The molecule has 2 rings (SSSR count). The number of halogens is 4. The second kappa shape index (κ2) is 5.77. The van der Waals surface area contributed by atoms with Gasteiger partial charge in [-0.05, 0) is 12.1 Å². The smallest absolute Gasteiger partial charge is 0.451 e. The summed E-state index contributed by atoms with van der Waals surface area (Å²) in [4.78, 5) is 6.70. The Kier molecular flexibility index (Phi) is 4.22. The summed E-state index contributed by atoms with van der Waals surface area (Å²) < 4.78 is 48.6. The van der Waals surface area contributed by atoms with Gasteiger partial charge >= 0.3 is 6.18 Å². The summed E-state index contributed by atoms with van der Waals surface area (Å²) in [7, 11) is 2.79. The minimum Gasteiger partial charge on any atom is -0.496 e. The number of aromatic nitrogens is 2. The van der Waals surface area contributed by atoms with Crippen molar-refractivity contribution >= 4 is 11.6 Å². The predicted molar refractivity (Wildman–Crippen MR) is 70.6 cm³/mol. The first-order valence-electron chi connectivity index (χ1n) is 5.70. The normalized spacial score (nSPS) is 11.3. The van der Waals surface area contributed by atoms with Gasteiger partial charge in [0.25, 0.3) is 0 Å². The number of hydrogen-bond acceptors (Lipinski definition) is 4. The SMILES string of the molecule is COc1cccc(OC)c1-c1cc(Cl)nc(C(F)(F)F)n1. The summed E-state index contributed by atoms with van der Waals surface area (Å²) in [5.41, 5.74) is 0.244. The first kappa shape index (κ1) is 15.4. The molecule has 0 spiro atoms. The highest BCUT2D eigenvalue weighted by Crippen LogP contribution is 2.39. The number of alkyl halides is 3. The maximum absolute atomic E-state index is 12.8. The van der Waals surface area contributed by atoms with E-state index in [9.17, 15) is 13.2 Å². The molecule has 21 heavy (non-hydrogen) atoms. The van der Waals surface area contributed by atoms with E-state index in [0.717, 1.165) is 0 Å². The Labute approximate surface area is 123 Å². The Morgan fingerprint density at radius 2 is 1.62 bits per heavy atom. The Morgan fingerprint density at radius 3 is 2.10 bits per heavy atom. The molecule has 8 heteroatoms. The topological polar surface area (TPSA) is 44.2 Å². The number of benzene rings is 1. The number of rotatable bonds is 3. The highest BCUT2D eigenvalue weighted by Gasteiger charge is 2.35. The van der Waals surface area contributed by atoms with Gasteiger partial charge in [-0.3, -0.25) is 0 Å². The van der Waals surface area contributed by atoms with Gasteiger partial charge in [-0.1, -0.05) is 17.7 Å². The molecule has 0 amide bonds.